The highest BCUT2D eigenvalue weighted by atomic mass is 79.9. The normalized spacial score (nSPS) is 11.5. The van der Waals surface area contributed by atoms with Gasteiger partial charge in [0.15, 0.2) is 6.29 Å². The minimum atomic E-state index is -1.81. The van der Waals surface area contributed by atoms with E-state index >= 15 is 0 Å². The molecule has 19 heavy (non-hydrogen) atoms. The van der Waals surface area contributed by atoms with Crippen molar-refractivity contribution in [2.75, 3.05) is 26.4 Å². The highest BCUT2D eigenvalue weighted by Crippen LogP contribution is 2.30. The van der Waals surface area contributed by atoms with Crippen LogP contribution in [-0.2, 0) is 28.5 Å². The van der Waals surface area contributed by atoms with Gasteiger partial charge in [0.05, 0.1) is 13.2 Å². The predicted molar refractivity (Wildman–Crippen MR) is 72.0 cm³/mol. The Morgan fingerprint density at radius 2 is 1.26 bits per heavy atom. The Kier molecular flexibility index (Phi) is 8.95. The molecule has 0 spiro atoms. The Labute approximate surface area is 121 Å². The minimum Gasteiger partial charge on any atom is -0.464 e. The third kappa shape index (κ3) is 4.74. The fraction of sp³-hybridized carbons (Fsp3) is 0.833. The van der Waals surface area contributed by atoms with Gasteiger partial charge in [-0.3, -0.25) is 0 Å². The van der Waals surface area contributed by atoms with E-state index in [4.69, 9.17) is 18.9 Å². The van der Waals surface area contributed by atoms with Crippen molar-refractivity contribution in [3.63, 3.8) is 0 Å². The molecule has 0 atom stereocenters. The molecular formula is C12H21BrO6. The van der Waals surface area contributed by atoms with Gasteiger partial charge in [0, 0.05) is 13.2 Å². The van der Waals surface area contributed by atoms with Gasteiger partial charge in [-0.1, -0.05) is 15.9 Å². The van der Waals surface area contributed by atoms with Gasteiger partial charge in [0.2, 0.25) is 0 Å². The van der Waals surface area contributed by atoms with E-state index in [0.717, 1.165) is 0 Å². The molecule has 0 aromatic carbocycles. The van der Waals surface area contributed by atoms with Crippen LogP contribution in [0.1, 0.15) is 27.7 Å². The molecule has 0 aliphatic carbocycles. The summed E-state index contributed by atoms with van der Waals surface area (Å²) in [6.45, 7) is 7.58. The second-order valence-electron chi connectivity index (χ2n) is 3.40. The Balaban J connectivity index is 5.30. The van der Waals surface area contributed by atoms with Crippen LogP contribution in [0.15, 0.2) is 0 Å². The van der Waals surface area contributed by atoms with E-state index in [1.165, 1.54) is 0 Å². The number of rotatable bonds is 9. The first-order valence-electron chi connectivity index (χ1n) is 6.25. The van der Waals surface area contributed by atoms with E-state index in [1.54, 1.807) is 27.7 Å². The van der Waals surface area contributed by atoms with Gasteiger partial charge < -0.3 is 18.9 Å². The molecule has 0 bridgehead atoms. The molecule has 0 fully saturated rings. The number of esters is 2. The van der Waals surface area contributed by atoms with Crippen molar-refractivity contribution in [1.82, 2.24) is 0 Å². The zero-order valence-corrected chi connectivity index (χ0v) is 13.3. The van der Waals surface area contributed by atoms with Crippen LogP contribution in [0.4, 0.5) is 0 Å². The second-order valence-corrected chi connectivity index (χ2v) is 4.65. The molecule has 0 radical (unpaired) electrons. The first kappa shape index (κ1) is 18.3. The fourth-order valence-electron chi connectivity index (χ4n) is 1.33. The summed E-state index contributed by atoms with van der Waals surface area (Å²) in [6.07, 6.45) is -1.11. The van der Waals surface area contributed by atoms with Gasteiger partial charge in [0.25, 0.3) is 4.32 Å². The first-order chi connectivity index (χ1) is 8.98. The third-order valence-electron chi connectivity index (χ3n) is 2.11. The van der Waals surface area contributed by atoms with Crippen molar-refractivity contribution < 1.29 is 28.5 Å². The van der Waals surface area contributed by atoms with E-state index in [9.17, 15) is 9.59 Å². The van der Waals surface area contributed by atoms with E-state index in [-0.39, 0.29) is 26.4 Å². The lowest BCUT2D eigenvalue weighted by Gasteiger charge is -2.30. The number of halogens is 1. The quantitative estimate of drug-likeness (QED) is 0.275. The van der Waals surface area contributed by atoms with Crippen LogP contribution >= 0.6 is 15.9 Å². The van der Waals surface area contributed by atoms with Gasteiger partial charge in [0.1, 0.15) is 0 Å². The molecule has 0 saturated heterocycles. The lowest BCUT2D eigenvalue weighted by atomic mass is 10.1. The molecule has 0 aliphatic heterocycles. The Hall–Kier alpha value is -0.660. The van der Waals surface area contributed by atoms with Crippen molar-refractivity contribution >= 4 is 27.9 Å². The SMILES string of the molecule is CCOC(=O)C(Br)(C(=O)OCC)C(OCC)OCC. The summed E-state index contributed by atoms with van der Waals surface area (Å²) < 4.78 is 18.6. The second kappa shape index (κ2) is 9.28. The Bertz CT molecular complexity index is 270. The number of carbonyl (C=O) groups excluding carboxylic acids is 2. The first-order valence-corrected chi connectivity index (χ1v) is 7.04. The largest absolute Gasteiger partial charge is 0.464 e. The highest BCUT2D eigenvalue weighted by Gasteiger charge is 2.55. The Morgan fingerprint density at radius 3 is 1.53 bits per heavy atom. The lowest BCUT2D eigenvalue weighted by Crippen LogP contribution is -2.54. The number of ether oxygens (including phenoxy) is 4. The van der Waals surface area contributed by atoms with E-state index in [0.29, 0.717) is 0 Å². The summed E-state index contributed by atoms with van der Waals surface area (Å²) >= 11 is 3.09. The maximum absolute atomic E-state index is 12.0. The maximum atomic E-state index is 12.0. The van der Waals surface area contributed by atoms with E-state index in [2.05, 4.69) is 15.9 Å². The van der Waals surface area contributed by atoms with Crippen molar-refractivity contribution in [3.8, 4) is 0 Å². The molecule has 0 saturated carbocycles. The zero-order valence-electron chi connectivity index (χ0n) is 11.7. The van der Waals surface area contributed by atoms with Crippen molar-refractivity contribution in [3.05, 3.63) is 0 Å². The molecule has 0 amide bonds. The molecule has 0 N–H and O–H groups in total. The van der Waals surface area contributed by atoms with Crippen molar-refractivity contribution in [2.24, 2.45) is 0 Å². The highest BCUT2D eigenvalue weighted by molar-refractivity contribution is 9.10. The van der Waals surface area contributed by atoms with Gasteiger partial charge in [-0.25, -0.2) is 9.59 Å². The van der Waals surface area contributed by atoms with Crippen LogP contribution in [-0.4, -0.2) is 49.0 Å². The molecule has 0 aromatic rings. The molecular weight excluding hydrogens is 320 g/mol. The van der Waals surface area contributed by atoms with E-state index < -0.39 is 22.6 Å². The molecule has 7 heteroatoms. The summed E-state index contributed by atoms with van der Waals surface area (Å²) in [5.74, 6) is -1.58. The lowest BCUT2D eigenvalue weighted by molar-refractivity contribution is -0.191. The average molecular weight is 341 g/mol. The van der Waals surface area contributed by atoms with Crippen molar-refractivity contribution in [1.29, 1.82) is 0 Å². The fourth-order valence-corrected chi connectivity index (χ4v) is 1.82. The number of hydrogen-bond donors (Lipinski definition) is 0. The van der Waals surface area contributed by atoms with Gasteiger partial charge in [-0.2, -0.15) is 0 Å². The number of carbonyl (C=O) groups is 2. The van der Waals surface area contributed by atoms with Crippen LogP contribution in [0.3, 0.4) is 0 Å². The Morgan fingerprint density at radius 1 is 0.895 bits per heavy atom. The van der Waals surface area contributed by atoms with Gasteiger partial charge in [-0.05, 0) is 27.7 Å². The average Bonchev–Trinajstić information content (AvgIpc) is 2.38. The molecule has 0 aromatic heterocycles. The van der Waals surface area contributed by atoms with Crippen LogP contribution in [0.2, 0.25) is 0 Å². The standard InChI is InChI=1S/C12H21BrO6/c1-5-16-9(14)12(13,10(15)17-6-2)11(18-7-3)19-8-4/h11H,5-8H2,1-4H3. The van der Waals surface area contributed by atoms with Crippen LogP contribution in [0, 0.1) is 0 Å². The predicted octanol–water partition coefficient (Wildman–Crippen LogP) is 1.65. The zero-order chi connectivity index (χ0) is 14.9. The maximum Gasteiger partial charge on any atom is 0.339 e. The molecule has 0 rings (SSSR count). The smallest absolute Gasteiger partial charge is 0.339 e. The minimum absolute atomic E-state index is 0.135. The number of alkyl halides is 1. The van der Waals surface area contributed by atoms with Crippen molar-refractivity contribution in [2.45, 2.75) is 38.3 Å². The summed E-state index contributed by atoms with van der Waals surface area (Å²) in [4.78, 5) is 24.1. The number of hydrogen-bond acceptors (Lipinski definition) is 6. The summed E-state index contributed by atoms with van der Waals surface area (Å²) in [5.41, 5.74) is 0. The van der Waals surface area contributed by atoms with Crippen LogP contribution < -0.4 is 0 Å². The molecule has 0 aliphatic rings. The van der Waals surface area contributed by atoms with E-state index in [1.807, 2.05) is 0 Å². The van der Waals surface area contributed by atoms with Crippen LogP contribution in [0.25, 0.3) is 0 Å². The topological polar surface area (TPSA) is 71.1 Å². The summed E-state index contributed by atoms with van der Waals surface area (Å²) in [7, 11) is 0. The van der Waals surface area contributed by atoms with Gasteiger partial charge >= 0.3 is 11.9 Å². The third-order valence-corrected chi connectivity index (χ3v) is 3.13. The molecule has 6 nitrogen and oxygen atoms in total. The van der Waals surface area contributed by atoms with Gasteiger partial charge in [-0.15, -0.1) is 0 Å². The monoisotopic (exact) mass is 340 g/mol. The van der Waals surface area contributed by atoms with Crippen LogP contribution in [0.5, 0.6) is 0 Å². The molecule has 0 unspecified atom stereocenters. The molecule has 0 heterocycles. The summed E-state index contributed by atoms with van der Waals surface area (Å²) in [6, 6.07) is 0. The summed E-state index contributed by atoms with van der Waals surface area (Å²) in [5, 5.41) is 0. The molecule has 112 valence electrons.